The number of benzene rings is 1. The molecule has 1 aromatic rings. The van der Waals surface area contributed by atoms with Crippen LogP contribution in [0.15, 0.2) is 30.3 Å². The molecule has 0 aliphatic carbocycles. The van der Waals surface area contributed by atoms with E-state index in [-0.39, 0.29) is 0 Å². The largest absolute Gasteiger partial charge is 0.313 e. The lowest BCUT2D eigenvalue weighted by atomic mass is 10.1. The van der Waals surface area contributed by atoms with Crippen molar-refractivity contribution in [1.82, 2.24) is 10.2 Å². The van der Waals surface area contributed by atoms with Crippen molar-refractivity contribution in [2.45, 2.75) is 65.7 Å². The van der Waals surface area contributed by atoms with Crippen LogP contribution >= 0.6 is 0 Å². The van der Waals surface area contributed by atoms with Gasteiger partial charge in [0.05, 0.1) is 0 Å². The molecule has 0 radical (unpaired) electrons. The highest BCUT2D eigenvalue weighted by atomic mass is 15.2. The molecule has 1 N–H and O–H groups in total. The molecule has 2 nitrogen and oxygen atoms in total. The van der Waals surface area contributed by atoms with Crippen LogP contribution in [0.1, 0.15) is 46.6 Å². The van der Waals surface area contributed by atoms with Gasteiger partial charge in [-0.3, -0.25) is 4.90 Å². The zero-order chi connectivity index (χ0) is 14.3. The predicted octanol–water partition coefficient (Wildman–Crippen LogP) is 3.67. The highest BCUT2D eigenvalue weighted by molar-refractivity contribution is 5.14. The average molecular weight is 262 g/mol. The van der Waals surface area contributed by atoms with E-state index < -0.39 is 0 Å². The van der Waals surface area contributed by atoms with Crippen LogP contribution in [0.5, 0.6) is 0 Å². The van der Waals surface area contributed by atoms with Crippen LogP contribution in [-0.2, 0) is 6.54 Å². The van der Waals surface area contributed by atoms with Crippen LogP contribution in [-0.4, -0.2) is 29.6 Å². The second kappa shape index (κ2) is 8.34. The van der Waals surface area contributed by atoms with Crippen molar-refractivity contribution in [3.63, 3.8) is 0 Å². The molecular formula is C17H30N2. The van der Waals surface area contributed by atoms with Crippen LogP contribution in [0, 0.1) is 0 Å². The van der Waals surface area contributed by atoms with Crippen molar-refractivity contribution < 1.29 is 0 Å². The zero-order valence-electron chi connectivity index (χ0n) is 13.2. The summed E-state index contributed by atoms with van der Waals surface area (Å²) in [5.41, 5.74) is 1.40. The Bertz CT molecular complexity index is 332. The van der Waals surface area contributed by atoms with E-state index in [4.69, 9.17) is 0 Å². The van der Waals surface area contributed by atoms with Crippen molar-refractivity contribution in [1.29, 1.82) is 0 Å². The van der Waals surface area contributed by atoms with E-state index in [1.165, 1.54) is 12.0 Å². The molecule has 0 heterocycles. The summed E-state index contributed by atoms with van der Waals surface area (Å²) in [7, 11) is 0. The summed E-state index contributed by atoms with van der Waals surface area (Å²) in [6, 6.07) is 12.5. The number of nitrogens with zero attached hydrogens (tertiary/aromatic N) is 1. The van der Waals surface area contributed by atoms with Gasteiger partial charge < -0.3 is 5.32 Å². The van der Waals surface area contributed by atoms with Crippen molar-refractivity contribution in [2.75, 3.05) is 6.54 Å². The van der Waals surface area contributed by atoms with E-state index in [1.54, 1.807) is 0 Å². The molecule has 0 aromatic heterocycles. The standard InChI is InChI=1S/C17H30N2/c1-6-17(12-18-14(2)3)19(15(4)5)13-16-10-8-7-9-11-16/h7-11,14-15,17-18H,6,12-13H2,1-5H3. The van der Waals surface area contributed by atoms with Gasteiger partial charge in [-0.1, -0.05) is 51.1 Å². The van der Waals surface area contributed by atoms with Gasteiger partial charge in [-0.2, -0.15) is 0 Å². The van der Waals surface area contributed by atoms with Crippen molar-refractivity contribution in [3.05, 3.63) is 35.9 Å². The second-order valence-corrected chi connectivity index (χ2v) is 5.88. The lowest BCUT2D eigenvalue weighted by Gasteiger charge is -2.35. The number of rotatable bonds is 8. The molecule has 0 fully saturated rings. The lowest BCUT2D eigenvalue weighted by Crippen LogP contribution is -2.46. The first-order valence-electron chi connectivity index (χ1n) is 7.57. The minimum atomic E-state index is 0.555. The van der Waals surface area contributed by atoms with Gasteiger partial charge in [0.2, 0.25) is 0 Å². The zero-order valence-corrected chi connectivity index (χ0v) is 13.2. The maximum absolute atomic E-state index is 3.58. The first-order chi connectivity index (χ1) is 9.04. The van der Waals surface area contributed by atoms with Gasteiger partial charge in [0.25, 0.3) is 0 Å². The van der Waals surface area contributed by atoms with Crippen molar-refractivity contribution in [3.8, 4) is 0 Å². The summed E-state index contributed by atoms with van der Waals surface area (Å²) in [5, 5.41) is 3.58. The van der Waals surface area contributed by atoms with Crippen LogP contribution < -0.4 is 5.32 Å². The highest BCUT2D eigenvalue weighted by Gasteiger charge is 2.19. The van der Waals surface area contributed by atoms with E-state index in [0.717, 1.165) is 13.1 Å². The number of nitrogens with one attached hydrogen (secondary N) is 1. The van der Waals surface area contributed by atoms with Crippen LogP contribution in [0.3, 0.4) is 0 Å². The Morgan fingerprint density at radius 2 is 1.68 bits per heavy atom. The van der Waals surface area contributed by atoms with Gasteiger partial charge in [-0.25, -0.2) is 0 Å². The maximum atomic E-state index is 3.58. The summed E-state index contributed by atoms with van der Waals surface area (Å²) in [5.74, 6) is 0. The average Bonchev–Trinajstić information content (AvgIpc) is 2.38. The molecule has 0 aliphatic heterocycles. The molecule has 1 aromatic carbocycles. The van der Waals surface area contributed by atoms with E-state index in [9.17, 15) is 0 Å². The van der Waals surface area contributed by atoms with Gasteiger partial charge in [0.1, 0.15) is 0 Å². The Balaban J connectivity index is 2.69. The third kappa shape index (κ3) is 5.75. The molecule has 0 bridgehead atoms. The van der Waals surface area contributed by atoms with Gasteiger partial charge in [0, 0.05) is 31.2 Å². The molecule has 0 spiro atoms. The first kappa shape index (κ1) is 16.2. The Labute approximate surface area is 119 Å². The summed E-state index contributed by atoms with van der Waals surface area (Å²) in [6.07, 6.45) is 1.19. The molecule has 1 rings (SSSR count). The van der Waals surface area contributed by atoms with Crippen molar-refractivity contribution in [2.24, 2.45) is 0 Å². The second-order valence-electron chi connectivity index (χ2n) is 5.88. The normalized spacial score (nSPS) is 13.5. The van der Waals surface area contributed by atoms with Crippen LogP contribution in [0.2, 0.25) is 0 Å². The molecule has 1 atom stereocenters. The van der Waals surface area contributed by atoms with E-state index in [0.29, 0.717) is 18.1 Å². The lowest BCUT2D eigenvalue weighted by molar-refractivity contribution is 0.135. The molecule has 0 saturated carbocycles. The van der Waals surface area contributed by atoms with Gasteiger partial charge >= 0.3 is 0 Å². The third-order valence-electron chi connectivity index (χ3n) is 3.57. The molecule has 0 amide bonds. The fourth-order valence-electron chi connectivity index (χ4n) is 2.40. The summed E-state index contributed by atoms with van der Waals surface area (Å²) < 4.78 is 0. The summed E-state index contributed by atoms with van der Waals surface area (Å²) in [4.78, 5) is 2.60. The predicted molar refractivity (Wildman–Crippen MR) is 84.3 cm³/mol. The molecular weight excluding hydrogens is 232 g/mol. The highest BCUT2D eigenvalue weighted by Crippen LogP contribution is 2.14. The van der Waals surface area contributed by atoms with Crippen LogP contribution in [0.25, 0.3) is 0 Å². The van der Waals surface area contributed by atoms with E-state index in [1.807, 2.05) is 0 Å². The van der Waals surface area contributed by atoms with Gasteiger partial charge in [-0.05, 0) is 25.8 Å². The van der Waals surface area contributed by atoms with E-state index in [2.05, 4.69) is 75.2 Å². The first-order valence-corrected chi connectivity index (χ1v) is 7.57. The number of hydrogen-bond donors (Lipinski definition) is 1. The monoisotopic (exact) mass is 262 g/mol. The fraction of sp³-hybridized carbons (Fsp3) is 0.647. The topological polar surface area (TPSA) is 15.3 Å². The molecule has 2 heteroatoms. The Morgan fingerprint density at radius 1 is 1.05 bits per heavy atom. The van der Waals surface area contributed by atoms with Crippen LogP contribution in [0.4, 0.5) is 0 Å². The Morgan fingerprint density at radius 3 is 2.16 bits per heavy atom. The number of hydrogen-bond acceptors (Lipinski definition) is 2. The molecule has 0 saturated heterocycles. The van der Waals surface area contributed by atoms with E-state index >= 15 is 0 Å². The Kier molecular flexibility index (Phi) is 7.11. The quantitative estimate of drug-likeness (QED) is 0.769. The fourth-order valence-corrected chi connectivity index (χ4v) is 2.40. The van der Waals surface area contributed by atoms with Gasteiger partial charge in [0.15, 0.2) is 0 Å². The molecule has 108 valence electrons. The Hall–Kier alpha value is -0.860. The maximum Gasteiger partial charge on any atom is 0.0239 e. The minimum absolute atomic E-state index is 0.555. The summed E-state index contributed by atoms with van der Waals surface area (Å²) >= 11 is 0. The minimum Gasteiger partial charge on any atom is -0.313 e. The van der Waals surface area contributed by atoms with Crippen molar-refractivity contribution >= 4 is 0 Å². The SMILES string of the molecule is CCC(CNC(C)C)N(Cc1ccccc1)C(C)C. The van der Waals surface area contributed by atoms with Gasteiger partial charge in [-0.15, -0.1) is 0 Å². The third-order valence-corrected chi connectivity index (χ3v) is 3.57. The molecule has 0 aliphatic rings. The molecule has 19 heavy (non-hydrogen) atoms. The summed E-state index contributed by atoms with van der Waals surface area (Å²) in [6.45, 7) is 13.4. The molecule has 1 unspecified atom stereocenters. The smallest absolute Gasteiger partial charge is 0.0239 e.